The number of aliphatic hydroxyl groups is 1. The Morgan fingerprint density at radius 3 is 2.80 bits per heavy atom. The first-order valence-electron chi connectivity index (χ1n) is 6.33. The summed E-state index contributed by atoms with van der Waals surface area (Å²) in [5.74, 6) is 2.15. The Hall–Kier alpha value is -0.790. The maximum atomic E-state index is 11.1. The number of aliphatic hydroxyl groups excluding tert-OH is 1. The zero-order valence-electron chi connectivity index (χ0n) is 11.5. The Kier molecular flexibility index (Phi) is 7.32. The van der Waals surface area contributed by atoms with Gasteiger partial charge in [-0.3, -0.25) is 10.1 Å². The van der Waals surface area contributed by atoms with Crippen molar-refractivity contribution in [3.8, 4) is 5.75 Å². The van der Waals surface area contributed by atoms with Gasteiger partial charge in [0, 0.05) is 16.1 Å². The average Bonchev–Trinajstić information content (AvgIpc) is 2.38. The number of hydrogen-bond donors (Lipinski definition) is 1. The van der Waals surface area contributed by atoms with Gasteiger partial charge in [0.25, 0.3) is 0 Å². The lowest BCUT2D eigenvalue weighted by molar-refractivity contribution is -0.386. The van der Waals surface area contributed by atoms with Crippen LogP contribution in [0.15, 0.2) is 16.6 Å². The van der Waals surface area contributed by atoms with E-state index >= 15 is 0 Å². The third-order valence-corrected chi connectivity index (χ3v) is 4.04. The standard InChI is InChI=1S/C13H18BrNO4S/c1-3-20-6-4-5-19-13-11(9(2)16)7-10(14)8-12(13)15(17)18/h7-9,16H,3-6H2,1-2H3/t9-/m1/s1. The molecule has 0 aliphatic rings. The van der Waals surface area contributed by atoms with Crippen LogP contribution in [0.3, 0.4) is 0 Å². The highest BCUT2D eigenvalue weighted by molar-refractivity contribution is 9.10. The van der Waals surface area contributed by atoms with Crippen LogP contribution in [0.4, 0.5) is 5.69 Å². The van der Waals surface area contributed by atoms with Gasteiger partial charge in [-0.05, 0) is 30.9 Å². The van der Waals surface area contributed by atoms with Crippen molar-refractivity contribution in [3.63, 3.8) is 0 Å². The fourth-order valence-corrected chi connectivity index (χ4v) is 2.76. The number of hydrogen-bond acceptors (Lipinski definition) is 5. The molecule has 5 nitrogen and oxygen atoms in total. The van der Waals surface area contributed by atoms with E-state index < -0.39 is 11.0 Å². The summed E-state index contributed by atoms with van der Waals surface area (Å²) in [4.78, 5) is 10.6. The van der Waals surface area contributed by atoms with Gasteiger partial charge in [0.05, 0.1) is 17.6 Å². The molecule has 1 rings (SSSR count). The Labute approximate surface area is 131 Å². The van der Waals surface area contributed by atoms with Gasteiger partial charge in [-0.1, -0.05) is 22.9 Å². The fourth-order valence-electron chi connectivity index (χ4n) is 1.68. The Morgan fingerprint density at radius 2 is 2.25 bits per heavy atom. The molecule has 112 valence electrons. The Morgan fingerprint density at radius 1 is 1.55 bits per heavy atom. The van der Waals surface area contributed by atoms with Gasteiger partial charge < -0.3 is 9.84 Å². The van der Waals surface area contributed by atoms with Crippen LogP contribution in [0.5, 0.6) is 5.75 Å². The molecule has 1 N–H and O–H groups in total. The fraction of sp³-hybridized carbons (Fsp3) is 0.538. The minimum Gasteiger partial charge on any atom is -0.487 e. The van der Waals surface area contributed by atoms with Crippen molar-refractivity contribution < 1.29 is 14.8 Å². The molecule has 0 aromatic heterocycles. The first-order valence-corrected chi connectivity index (χ1v) is 8.28. The summed E-state index contributed by atoms with van der Waals surface area (Å²) in [7, 11) is 0. The second-order valence-corrected chi connectivity index (χ2v) is 6.48. The highest BCUT2D eigenvalue weighted by Crippen LogP contribution is 2.37. The van der Waals surface area contributed by atoms with Crippen LogP contribution in [0.2, 0.25) is 0 Å². The van der Waals surface area contributed by atoms with E-state index in [9.17, 15) is 15.2 Å². The molecular weight excluding hydrogens is 346 g/mol. The molecule has 0 saturated carbocycles. The lowest BCUT2D eigenvalue weighted by Gasteiger charge is -2.14. The molecule has 0 spiro atoms. The summed E-state index contributed by atoms with van der Waals surface area (Å²) in [6.07, 6.45) is -0.0171. The van der Waals surface area contributed by atoms with Gasteiger partial charge in [-0.15, -0.1) is 0 Å². The number of nitro benzene ring substituents is 1. The smallest absolute Gasteiger partial charge is 0.312 e. The Balaban J connectivity index is 2.92. The molecule has 0 unspecified atom stereocenters. The minimum atomic E-state index is -0.828. The van der Waals surface area contributed by atoms with Crippen molar-refractivity contribution in [1.82, 2.24) is 0 Å². The summed E-state index contributed by atoms with van der Waals surface area (Å²) >= 11 is 5.01. The molecule has 0 fully saturated rings. The van der Waals surface area contributed by atoms with Gasteiger partial charge in [-0.2, -0.15) is 11.8 Å². The van der Waals surface area contributed by atoms with Gasteiger partial charge >= 0.3 is 5.69 Å². The zero-order valence-corrected chi connectivity index (χ0v) is 13.9. The summed E-state index contributed by atoms with van der Waals surface area (Å²) < 4.78 is 6.11. The number of rotatable bonds is 8. The van der Waals surface area contributed by atoms with Crippen molar-refractivity contribution >= 4 is 33.4 Å². The van der Waals surface area contributed by atoms with Crippen LogP contribution >= 0.6 is 27.7 Å². The molecule has 7 heteroatoms. The number of nitrogens with zero attached hydrogens (tertiary/aromatic N) is 1. The highest BCUT2D eigenvalue weighted by atomic mass is 79.9. The normalized spacial score (nSPS) is 12.2. The minimum absolute atomic E-state index is 0.126. The molecule has 0 heterocycles. The van der Waals surface area contributed by atoms with Crippen molar-refractivity contribution in [2.45, 2.75) is 26.4 Å². The number of benzene rings is 1. The van der Waals surface area contributed by atoms with Crippen LogP contribution in [-0.4, -0.2) is 28.1 Å². The predicted molar refractivity (Wildman–Crippen MR) is 84.5 cm³/mol. The lowest BCUT2D eigenvalue weighted by atomic mass is 10.1. The van der Waals surface area contributed by atoms with E-state index in [0.717, 1.165) is 17.9 Å². The number of nitro groups is 1. The zero-order chi connectivity index (χ0) is 15.1. The van der Waals surface area contributed by atoms with Crippen LogP contribution in [0.25, 0.3) is 0 Å². The first-order chi connectivity index (χ1) is 9.47. The van der Waals surface area contributed by atoms with Crippen molar-refractivity contribution in [1.29, 1.82) is 0 Å². The topological polar surface area (TPSA) is 72.6 Å². The van der Waals surface area contributed by atoms with E-state index in [1.165, 1.54) is 6.07 Å². The molecule has 1 aromatic rings. The molecule has 0 amide bonds. The summed E-state index contributed by atoms with van der Waals surface area (Å²) in [6.45, 7) is 4.04. The second kappa shape index (κ2) is 8.49. The number of halogens is 1. The van der Waals surface area contributed by atoms with E-state index in [4.69, 9.17) is 4.74 Å². The SMILES string of the molecule is CCSCCCOc1c([C@@H](C)O)cc(Br)cc1[N+](=O)[O-]. The van der Waals surface area contributed by atoms with Crippen molar-refractivity contribution in [2.24, 2.45) is 0 Å². The third kappa shape index (κ3) is 4.96. The van der Waals surface area contributed by atoms with Crippen LogP contribution in [0.1, 0.15) is 31.9 Å². The Bertz CT molecular complexity index is 468. The van der Waals surface area contributed by atoms with E-state index in [1.54, 1.807) is 24.8 Å². The van der Waals surface area contributed by atoms with Gasteiger partial charge in [0.15, 0.2) is 0 Å². The molecule has 0 aliphatic carbocycles. The molecule has 1 atom stereocenters. The third-order valence-electron chi connectivity index (χ3n) is 2.59. The van der Waals surface area contributed by atoms with E-state index in [0.29, 0.717) is 16.6 Å². The molecule has 1 aromatic carbocycles. The summed E-state index contributed by atoms with van der Waals surface area (Å²) in [5.41, 5.74) is 0.299. The molecule has 0 bridgehead atoms. The number of ether oxygens (including phenoxy) is 1. The van der Waals surface area contributed by atoms with Crippen molar-refractivity contribution in [2.75, 3.05) is 18.1 Å². The van der Waals surface area contributed by atoms with Crippen LogP contribution in [-0.2, 0) is 0 Å². The van der Waals surface area contributed by atoms with Gasteiger partial charge in [0.2, 0.25) is 5.75 Å². The van der Waals surface area contributed by atoms with Crippen LogP contribution < -0.4 is 4.74 Å². The largest absolute Gasteiger partial charge is 0.487 e. The highest BCUT2D eigenvalue weighted by Gasteiger charge is 2.23. The molecule has 0 radical (unpaired) electrons. The lowest BCUT2D eigenvalue weighted by Crippen LogP contribution is -2.06. The molecular formula is C13H18BrNO4S. The predicted octanol–water partition coefficient (Wildman–Crippen LogP) is 3.93. The maximum Gasteiger partial charge on any atom is 0.312 e. The van der Waals surface area contributed by atoms with E-state index in [2.05, 4.69) is 22.9 Å². The maximum absolute atomic E-state index is 11.1. The summed E-state index contributed by atoms with van der Waals surface area (Å²) in [6, 6.07) is 3.04. The van der Waals surface area contributed by atoms with E-state index in [1.807, 2.05) is 0 Å². The average molecular weight is 364 g/mol. The first kappa shape index (κ1) is 17.3. The van der Waals surface area contributed by atoms with Crippen molar-refractivity contribution in [3.05, 3.63) is 32.3 Å². The quantitative estimate of drug-likeness (QED) is 0.430. The summed E-state index contributed by atoms with van der Waals surface area (Å²) in [5, 5.41) is 20.9. The van der Waals surface area contributed by atoms with Gasteiger partial charge in [0.1, 0.15) is 0 Å². The second-order valence-electron chi connectivity index (χ2n) is 4.18. The number of thioether (sulfide) groups is 1. The van der Waals surface area contributed by atoms with E-state index in [-0.39, 0.29) is 11.4 Å². The monoisotopic (exact) mass is 363 g/mol. The van der Waals surface area contributed by atoms with Gasteiger partial charge in [-0.25, -0.2) is 0 Å². The molecule has 0 aliphatic heterocycles. The molecule has 20 heavy (non-hydrogen) atoms. The van der Waals surface area contributed by atoms with Crippen LogP contribution in [0, 0.1) is 10.1 Å². The molecule has 0 saturated heterocycles.